The highest BCUT2D eigenvalue weighted by molar-refractivity contribution is 5.75. The molecule has 0 aromatic heterocycles. The Kier molecular flexibility index (Phi) is 5.40. The number of hydrogen-bond acceptors (Lipinski definition) is 3. The number of carboxylic acid groups (broad SMARTS) is 1. The first-order valence-electron chi connectivity index (χ1n) is 6.38. The number of aliphatic hydroxyl groups is 1. The van der Waals surface area contributed by atoms with Crippen molar-refractivity contribution in [2.45, 2.75) is 45.3 Å². The molecule has 0 aromatic rings. The van der Waals surface area contributed by atoms with E-state index in [0.717, 1.165) is 19.4 Å². The third-order valence-corrected chi connectivity index (χ3v) is 3.61. The Hall–Kier alpha value is -1.30. The number of carbonyl (C=O) groups is 2. The van der Waals surface area contributed by atoms with E-state index in [4.69, 9.17) is 10.2 Å². The number of hydrogen-bond donors (Lipinski definition) is 3. The summed E-state index contributed by atoms with van der Waals surface area (Å²) in [6.45, 7) is 5.05. The van der Waals surface area contributed by atoms with E-state index in [2.05, 4.69) is 12.2 Å². The molecule has 1 fully saturated rings. The van der Waals surface area contributed by atoms with Crippen molar-refractivity contribution in [3.8, 4) is 0 Å². The molecule has 18 heavy (non-hydrogen) atoms. The second-order valence-corrected chi connectivity index (χ2v) is 4.93. The molecule has 1 rings (SSSR count). The van der Waals surface area contributed by atoms with E-state index in [1.807, 2.05) is 6.92 Å². The number of aliphatic hydroxyl groups excluding tert-OH is 1. The number of urea groups is 1. The first-order valence-corrected chi connectivity index (χ1v) is 6.38. The number of likely N-dealkylation sites (tertiary alicyclic amines) is 1. The van der Waals surface area contributed by atoms with Gasteiger partial charge in [0.2, 0.25) is 0 Å². The average molecular weight is 258 g/mol. The minimum absolute atomic E-state index is 0.0266. The van der Waals surface area contributed by atoms with Crippen LogP contribution in [0, 0.1) is 5.92 Å². The second kappa shape index (κ2) is 6.58. The summed E-state index contributed by atoms with van der Waals surface area (Å²) >= 11 is 0. The standard InChI is InChI=1S/C12H22N2O4/c1-8-4-3-7-14(9(8)2)12(18)13-6-5-10(15)11(16)17/h8-10,15H,3-7H2,1-2H3,(H,13,18)(H,16,17)/t8?,9?,10-/m0/s1. The summed E-state index contributed by atoms with van der Waals surface area (Å²) in [7, 11) is 0. The maximum absolute atomic E-state index is 11.9. The summed E-state index contributed by atoms with van der Waals surface area (Å²) < 4.78 is 0. The largest absolute Gasteiger partial charge is 0.479 e. The van der Waals surface area contributed by atoms with E-state index in [-0.39, 0.29) is 25.0 Å². The number of carbonyl (C=O) groups excluding carboxylic acids is 1. The quantitative estimate of drug-likeness (QED) is 0.690. The molecule has 0 spiro atoms. The zero-order chi connectivity index (χ0) is 13.7. The number of nitrogens with zero attached hydrogens (tertiary/aromatic N) is 1. The third kappa shape index (κ3) is 3.87. The zero-order valence-electron chi connectivity index (χ0n) is 10.9. The van der Waals surface area contributed by atoms with Crippen LogP contribution in [0.3, 0.4) is 0 Å². The molecule has 0 aromatic carbocycles. The van der Waals surface area contributed by atoms with E-state index in [9.17, 15) is 9.59 Å². The van der Waals surface area contributed by atoms with Gasteiger partial charge >= 0.3 is 12.0 Å². The fourth-order valence-electron chi connectivity index (χ4n) is 2.16. The van der Waals surface area contributed by atoms with Crippen LogP contribution in [0.4, 0.5) is 4.79 Å². The predicted molar refractivity (Wildman–Crippen MR) is 66.2 cm³/mol. The lowest BCUT2D eigenvalue weighted by Crippen LogP contribution is -2.50. The van der Waals surface area contributed by atoms with E-state index in [1.165, 1.54) is 0 Å². The first-order chi connectivity index (χ1) is 8.43. The molecule has 1 saturated heterocycles. The van der Waals surface area contributed by atoms with Crippen LogP contribution < -0.4 is 5.32 Å². The summed E-state index contributed by atoms with van der Waals surface area (Å²) in [6, 6.07) is 0.0229. The van der Waals surface area contributed by atoms with Crippen LogP contribution >= 0.6 is 0 Å². The summed E-state index contributed by atoms with van der Waals surface area (Å²) in [4.78, 5) is 24.1. The smallest absolute Gasteiger partial charge is 0.332 e. The highest BCUT2D eigenvalue weighted by Gasteiger charge is 2.28. The number of aliphatic carboxylic acids is 1. The zero-order valence-corrected chi connectivity index (χ0v) is 10.9. The highest BCUT2D eigenvalue weighted by atomic mass is 16.4. The summed E-state index contributed by atoms with van der Waals surface area (Å²) in [5, 5.41) is 20.2. The van der Waals surface area contributed by atoms with Gasteiger partial charge in [-0.25, -0.2) is 9.59 Å². The normalized spacial score (nSPS) is 25.6. The van der Waals surface area contributed by atoms with Crippen molar-refractivity contribution >= 4 is 12.0 Å². The molecule has 0 bridgehead atoms. The fourth-order valence-corrected chi connectivity index (χ4v) is 2.16. The molecular weight excluding hydrogens is 236 g/mol. The van der Waals surface area contributed by atoms with Gasteiger partial charge in [-0.15, -0.1) is 0 Å². The van der Waals surface area contributed by atoms with Gasteiger partial charge in [0, 0.05) is 25.6 Å². The van der Waals surface area contributed by atoms with Crippen molar-refractivity contribution in [3.63, 3.8) is 0 Å². The number of nitrogens with one attached hydrogen (secondary N) is 1. The topological polar surface area (TPSA) is 89.9 Å². The molecule has 0 radical (unpaired) electrons. The summed E-state index contributed by atoms with van der Waals surface area (Å²) in [5.41, 5.74) is 0. The number of piperidine rings is 1. The van der Waals surface area contributed by atoms with Crippen LogP contribution in [0.2, 0.25) is 0 Å². The molecule has 3 atom stereocenters. The SMILES string of the molecule is CC1CCCN(C(=O)NCC[C@H](O)C(=O)O)C1C. The van der Waals surface area contributed by atoms with Gasteiger partial charge < -0.3 is 20.4 Å². The Balaban J connectivity index is 2.34. The van der Waals surface area contributed by atoms with Crippen LogP contribution in [-0.2, 0) is 4.79 Å². The monoisotopic (exact) mass is 258 g/mol. The van der Waals surface area contributed by atoms with Crippen molar-refractivity contribution < 1.29 is 19.8 Å². The predicted octanol–water partition coefficient (Wildman–Crippen LogP) is 0.652. The van der Waals surface area contributed by atoms with Gasteiger partial charge in [-0.3, -0.25) is 0 Å². The van der Waals surface area contributed by atoms with Crippen molar-refractivity contribution in [2.75, 3.05) is 13.1 Å². The molecule has 2 unspecified atom stereocenters. The molecular formula is C12H22N2O4. The Morgan fingerprint density at radius 3 is 2.72 bits per heavy atom. The van der Waals surface area contributed by atoms with Gasteiger partial charge in [0.25, 0.3) is 0 Å². The van der Waals surface area contributed by atoms with Crippen LogP contribution in [-0.4, -0.2) is 52.3 Å². The molecule has 1 aliphatic rings. The molecule has 1 heterocycles. The van der Waals surface area contributed by atoms with Crippen molar-refractivity contribution in [3.05, 3.63) is 0 Å². The van der Waals surface area contributed by atoms with E-state index < -0.39 is 12.1 Å². The Morgan fingerprint density at radius 2 is 2.11 bits per heavy atom. The highest BCUT2D eigenvalue weighted by Crippen LogP contribution is 2.22. The van der Waals surface area contributed by atoms with E-state index in [0.29, 0.717) is 5.92 Å². The minimum Gasteiger partial charge on any atom is -0.479 e. The molecule has 0 saturated carbocycles. The summed E-state index contributed by atoms with van der Waals surface area (Å²) in [6.07, 6.45) is 0.737. The van der Waals surface area contributed by atoms with Gasteiger partial charge in [0.1, 0.15) is 0 Å². The number of rotatable bonds is 4. The van der Waals surface area contributed by atoms with Crippen LogP contribution in [0.25, 0.3) is 0 Å². The van der Waals surface area contributed by atoms with Gasteiger partial charge in [0.05, 0.1) is 0 Å². The van der Waals surface area contributed by atoms with Crippen LogP contribution in [0.15, 0.2) is 0 Å². The second-order valence-electron chi connectivity index (χ2n) is 4.93. The number of carboxylic acids is 1. The van der Waals surface area contributed by atoms with E-state index in [1.54, 1.807) is 4.90 Å². The summed E-state index contributed by atoms with van der Waals surface area (Å²) in [5.74, 6) is -0.779. The van der Waals surface area contributed by atoms with Gasteiger partial charge in [-0.05, 0) is 25.7 Å². The molecule has 104 valence electrons. The molecule has 2 amide bonds. The maximum atomic E-state index is 11.9. The van der Waals surface area contributed by atoms with Gasteiger partial charge in [-0.2, -0.15) is 0 Å². The van der Waals surface area contributed by atoms with Gasteiger partial charge in [-0.1, -0.05) is 6.92 Å². The average Bonchev–Trinajstić information content (AvgIpc) is 2.32. The number of amides is 2. The Labute approximate surface area is 107 Å². The lowest BCUT2D eigenvalue weighted by Gasteiger charge is -2.37. The van der Waals surface area contributed by atoms with Crippen LogP contribution in [0.1, 0.15) is 33.1 Å². The lowest BCUT2D eigenvalue weighted by molar-refractivity contribution is -0.146. The molecule has 3 N–H and O–H groups in total. The lowest BCUT2D eigenvalue weighted by atomic mass is 9.92. The fraction of sp³-hybridized carbons (Fsp3) is 0.833. The van der Waals surface area contributed by atoms with Crippen LogP contribution in [0.5, 0.6) is 0 Å². The van der Waals surface area contributed by atoms with Gasteiger partial charge in [0.15, 0.2) is 6.10 Å². The van der Waals surface area contributed by atoms with Crippen molar-refractivity contribution in [1.29, 1.82) is 0 Å². The molecule has 6 heteroatoms. The van der Waals surface area contributed by atoms with E-state index >= 15 is 0 Å². The molecule has 0 aliphatic carbocycles. The maximum Gasteiger partial charge on any atom is 0.332 e. The Morgan fingerprint density at radius 1 is 1.44 bits per heavy atom. The molecule has 1 aliphatic heterocycles. The van der Waals surface area contributed by atoms with Crippen molar-refractivity contribution in [1.82, 2.24) is 10.2 Å². The third-order valence-electron chi connectivity index (χ3n) is 3.61. The Bertz CT molecular complexity index is 308. The first kappa shape index (κ1) is 14.8. The van der Waals surface area contributed by atoms with Crippen molar-refractivity contribution in [2.24, 2.45) is 5.92 Å². The molecule has 6 nitrogen and oxygen atoms in total. The minimum atomic E-state index is -1.41.